The fraction of sp³-hybridized carbons (Fsp3) is 0.419. The number of hydrogen-bond donors (Lipinski definition) is 0. The lowest BCUT2D eigenvalue weighted by molar-refractivity contribution is -0.187. The molecule has 0 bridgehead atoms. The molecule has 2 atom stereocenters. The van der Waals surface area contributed by atoms with Gasteiger partial charge >= 0.3 is 6.11 Å². The van der Waals surface area contributed by atoms with Crippen LogP contribution in [0, 0.1) is 23.3 Å². The summed E-state index contributed by atoms with van der Waals surface area (Å²) in [5.74, 6) is -6.45. The number of halogens is 6. The lowest BCUT2D eigenvalue weighted by atomic mass is 9.90. The van der Waals surface area contributed by atoms with Gasteiger partial charge in [0, 0.05) is 29.5 Å². The van der Waals surface area contributed by atoms with Gasteiger partial charge in [0.05, 0.1) is 12.7 Å². The summed E-state index contributed by atoms with van der Waals surface area (Å²) >= 11 is 0. The van der Waals surface area contributed by atoms with Crippen molar-refractivity contribution in [1.82, 2.24) is 0 Å². The highest BCUT2D eigenvalue weighted by molar-refractivity contribution is 5.54. The van der Waals surface area contributed by atoms with Crippen LogP contribution in [-0.2, 0) is 23.7 Å². The van der Waals surface area contributed by atoms with E-state index in [1.54, 1.807) is 0 Å². The molecule has 2 unspecified atom stereocenters. The highest BCUT2D eigenvalue weighted by Crippen LogP contribution is 2.45. The average Bonchev–Trinajstić information content (AvgIpc) is 2.92. The van der Waals surface area contributed by atoms with E-state index in [0.717, 1.165) is 31.4 Å². The second-order valence-corrected chi connectivity index (χ2v) is 10.4. The predicted molar refractivity (Wildman–Crippen MR) is 137 cm³/mol. The summed E-state index contributed by atoms with van der Waals surface area (Å²) in [5.41, 5.74) is -0.175. The Morgan fingerprint density at radius 2 is 1.65 bits per heavy atom. The number of alkyl halides is 2. The van der Waals surface area contributed by atoms with Crippen molar-refractivity contribution in [2.45, 2.75) is 76.9 Å². The molecule has 2 aliphatic rings. The molecular formula is C31H30F6O3. The minimum Gasteiger partial charge on any atom is -0.450 e. The minimum atomic E-state index is -4.22. The molecule has 2 heterocycles. The van der Waals surface area contributed by atoms with Crippen molar-refractivity contribution in [3.8, 4) is 17.2 Å². The van der Waals surface area contributed by atoms with E-state index in [4.69, 9.17) is 14.2 Å². The number of fused-ring (bicyclic) bond motifs is 2. The third-order valence-electron chi connectivity index (χ3n) is 7.55. The Balaban J connectivity index is 1.35. The molecule has 0 aromatic heterocycles. The van der Waals surface area contributed by atoms with E-state index in [2.05, 4.69) is 6.92 Å². The quantitative estimate of drug-likeness (QED) is 0.200. The lowest BCUT2D eigenvalue weighted by Crippen LogP contribution is -2.26. The smallest absolute Gasteiger partial charge is 0.429 e. The van der Waals surface area contributed by atoms with E-state index < -0.39 is 52.2 Å². The average molecular weight is 565 g/mol. The van der Waals surface area contributed by atoms with Crippen molar-refractivity contribution in [3.63, 3.8) is 0 Å². The van der Waals surface area contributed by atoms with Crippen LogP contribution in [-0.4, -0.2) is 12.7 Å². The molecule has 0 spiro atoms. The third kappa shape index (κ3) is 5.40. The van der Waals surface area contributed by atoms with Gasteiger partial charge in [0.1, 0.15) is 17.1 Å². The van der Waals surface area contributed by atoms with Gasteiger partial charge in [-0.15, -0.1) is 0 Å². The summed E-state index contributed by atoms with van der Waals surface area (Å²) in [5, 5.41) is 0. The van der Waals surface area contributed by atoms with Crippen molar-refractivity contribution < 1.29 is 40.6 Å². The number of rotatable bonds is 8. The van der Waals surface area contributed by atoms with Gasteiger partial charge in [-0.1, -0.05) is 38.8 Å². The zero-order valence-electron chi connectivity index (χ0n) is 22.3. The summed E-state index contributed by atoms with van der Waals surface area (Å²) in [7, 11) is 0. The van der Waals surface area contributed by atoms with Crippen LogP contribution in [0.25, 0.3) is 0 Å². The highest BCUT2D eigenvalue weighted by Gasteiger charge is 2.41. The summed E-state index contributed by atoms with van der Waals surface area (Å²) in [4.78, 5) is 0. The van der Waals surface area contributed by atoms with Crippen LogP contribution >= 0.6 is 0 Å². The number of hydrogen-bond acceptors (Lipinski definition) is 3. The van der Waals surface area contributed by atoms with Crippen molar-refractivity contribution in [3.05, 3.63) is 87.5 Å². The summed E-state index contributed by atoms with van der Waals surface area (Å²) < 4.78 is 106. The maximum absolute atomic E-state index is 15.4. The van der Waals surface area contributed by atoms with E-state index >= 15 is 13.2 Å². The van der Waals surface area contributed by atoms with Gasteiger partial charge < -0.3 is 14.2 Å². The number of ether oxygens (including phenoxy) is 3. The molecule has 3 aromatic rings. The second kappa shape index (κ2) is 11.4. The first-order valence-corrected chi connectivity index (χ1v) is 13.6. The molecule has 214 valence electrons. The monoisotopic (exact) mass is 564 g/mol. The molecule has 40 heavy (non-hydrogen) atoms. The topological polar surface area (TPSA) is 27.7 Å². The molecule has 2 aliphatic heterocycles. The fourth-order valence-corrected chi connectivity index (χ4v) is 5.50. The zero-order chi connectivity index (χ0) is 28.6. The Morgan fingerprint density at radius 3 is 2.33 bits per heavy atom. The summed E-state index contributed by atoms with van der Waals surface area (Å²) in [6, 6.07) is 6.96. The van der Waals surface area contributed by atoms with E-state index in [0.29, 0.717) is 37.0 Å². The highest BCUT2D eigenvalue weighted by atomic mass is 19.3. The van der Waals surface area contributed by atoms with Gasteiger partial charge in [0.15, 0.2) is 23.1 Å². The van der Waals surface area contributed by atoms with E-state index in [-0.39, 0.29) is 29.6 Å². The molecule has 1 fully saturated rings. The first-order valence-electron chi connectivity index (χ1n) is 13.6. The first-order chi connectivity index (χ1) is 19.1. The van der Waals surface area contributed by atoms with Crippen molar-refractivity contribution >= 4 is 0 Å². The van der Waals surface area contributed by atoms with Gasteiger partial charge in [0.2, 0.25) is 5.82 Å². The van der Waals surface area contributed by atoms with E-state index in [1.165, 1.54) is 24.3 Å². The molecule has 1 saturated heterocycles. The summed E-state index contributed by atoms with van der Waals surface area (Å²) in [6.45, 7) is 4.22. The molecule has 0 radical (unpaired) electrons. The van der Waals surface area contributed by atoms with Crippen LogP contribution in [0.15, 0.2) is 36.4 Å². The SMILES string of the molecule is CCCc1cc2c(c(F)c1F)Oc1c(ccc(C(F)(F)Oc3ccc(C4CCC(CCC)OC4)c(F)c3)c1F)C2. The van der Waals surface area contributed by atoms with Crippen LogP contribution in [0.3, 0.4) is 0 Å². The minimum absolute atomic E-state index is 0.0288. The van der Waals surface area contributed by atoms with E-state index in [9.17, 15) is 13.2 Å². The largest absolute Gasteiger partial charge is 0.450 e. The molecule has 0 aliphatic carbocycles. The Hall–Kier alpha value is -3.20. The maximum atomic E-state index is 15.4. The Labute approximate surface area is 229 Å². The van der Waals surface area contributed by atoms with Crippen molar-refractivity contribution in [2.24, 2.45) is 0 Å². The molecule has 9 heteroatoms. The zero-order valence-corrected chi connectivity index (χ0v) is 22.3. The van der Waals surface area contributed by atoms with Crippen LogP contribution < -0.4 is 9.47 Å². The van der Waals surface area contributed by atoms with Crippen LogP contribution in [0.1, 0.15) is 79.7 Å². The number of aryl methyl sites for hydroxylation is 1. The maximum Gasteiger partial charge on any atom is 0.429 e. The predicted octanol–water partition coefficient (Wildman–Crippen LogP) is 9.08. The van der Waals surface area contributed by atoms with Gasteiger partial charge in [-0.05, 0) is 55.0 Å². The third-order valence-corrected chi connectivity index (χ3v) is 7.55. The molecule has 0 saturated carbocycles. The van der Waals surface area contributed by atoms with Gasteiger partial charge in [0.25, 0.3) is 0 Å². The molecule has 0 N–H and O–H groups in total. The molecule has 3 aromatic carbocycles. The van der Waals surface area contributed by atoms with Crippen molar-refractivity contribution in [2.75, 3.05) is 6.61 Å². The Kier molecular flexibility index (Phi) is 8.04. The first kappa shape index (κ1) is 28.3. The van der Waals surface area contributed by atoms with Crippen LogP contribution in [0.5, 0.6) is 17.2 Å². The second-order valence-electron chi connectivity index (χ2n) is 10.4. The van der Waals surface area contributed by atoms with Crippen molar-refractivity contribution in [1.29, 1.82) is 0 Å². The summed E-state index contributed by atoms with van der Waals surface area (Å²) in [6.07, 6.45) is 0.203. The normalized spacial score (nSPS) is 18.6. The molecular weight excluding hydrogens is 534 g/mol. The van der Waals surface area contributed by atoms with Crippen LogP contribution in [0.2, 0.25) is 0 Å². The number of benzene rings is 3. The Morgan fingerprint density at radius 1 is 0.875 bits per heavy atom. The van der Waals surface area contributed by atoms with E-state index in [1.807, 2.05) is 6.92 Å². The molecule has 5 rings (SSSR count). The Bertz CT molecular complexity index is 1400. The lowest BCUT2D eigenvalue weighted by Gasteiger charge is -2.29. The fourth-order valence-electron chi connectivity index (χ4n) is 5.50. The standard InChI is InChI=1S/C31H30F6O3/c1-3-5-17-13-20-14-18-8-12-24(27(34)29(18)39-30(20)28(35)26(17)33)31(36,37)40-22-10-11-23(25(32)15-22)19-7-9-21(6-4-2)38-16-19/h8,10-13,15,19,21H,3-7,9,14,16H2,1-2H3. The molecule has 0 amide bonds. The van der Waals surface area contributed by atoms with Gasteiger partial charge in [-0.25, -0.2) is 13.2 Å². The van der Waals surface area contributed by atoms with Gasteiger partial charge in [-0.2, -0.15) is 13.2 Å². The molecule has 3 nitrogen and oxygen atoms in total. The van der Waals surface area contributed by atoms with Crippen LogP contribution in [0.4, 0.5) is 26.3 Å². The van der Waals surface area contributed by atoms with Gasteiger partial charge in [-0.3, -0.25) is 0 Å².